The Labute approximate surface area is 177 Å². The first-order chi connectivity index (χ1) is 14.5. The molecule has 0 saturated carbocycles. The predicted molar refractivity (Wildman–Crippen MR) is 113 cm³/mol. The van der Waals surface area contributed by atoms with E-state index in [-0.39, 0.29) is 11.5 Å². The Morgan fingerprint density at radius 2 is 1.73 bits per heavy atom. The van der Waals surface area contributed by atoms with E-state index < -0.39 is 12.1 Å². The minimum atomic E-state index is -0.942. The van der Waals surface area contributed by atoms with Gasteiger partial charge in [-0.1, -0.05) is 19.1 Å². The van der Waals surface area contributed by atoms with Gasteiger partial charge in [0.2, 0.25) is 0 Å². The molecular formula is C23H29NO6. The van der Waals surface area contributed by atoms with Gasteiger partial charge >= 0.3 is 5.97 Å². The molecule has 1 N–H and O–H groups in total. The second kappa shape index (κ2) is 11.7. The zero-order chi connectivity index (χ0) is 21.9. The third kappa shape index (κ3) is 6.69. The predicted octanol–water partition coefficient (Wildman–Crippen LogP) is 3.74. The van der Waals surface area contributed by atoms with Crippen molar-refractivity contribution >= 4 is 11.9 Å². The number of benzene rings is 2. The Morgan fingerprint density at radius 3 is 2.37 bits per heavy atom. The van der Waals surface area contributed by atoms with E-state index in [9.17, 15) is 9.59 Å². The fourth-order valence-corrected chi connectivity index (χ4v) is 2.59. The highest BCUT2D eigenvalue weighted by atomic mass is 16.5. The van der Waals surface area contributed by atoms with E-state index in [0.29, 0.717) is 31.3 Å². The molecule has 0 aliphatic carbocycles. The van der Waals surface area contributed by atoms with Crippen molar-refractivity contribution in [2.24, 2.45) is 0 Å². The normalized spacial score (nSPS) is 11.3. The van der Waals surface area contributed by atoms with E-state index in [0.717, 1.165) is 17.7 Å². The molecule has 0 unspecified atom stereocenters. The van der Waals surface area contributed by atoms with E-state index in [1.54, 1.807) is 25.3 Å². The largest absolute Gasteiger partial charge is 0.497 e. The highest BCUT2D eigenvalue weighted by Gasteiger charge is 2.20. The summed E-state index contributed by atoms with van der Waals surface area (Å²) in [7, 11) is 1.59. The molecule has 30 heavy (non-hydrogen) atoms. The van der Waals surface area contributed by atoms with Crippen molar-refractivity contribution in [3.05, 3.63) is 53.6 Å². The van der Waals surface area contributed by atoms with Gasteiger partial charge in [0, 0.05) is 6.54 Å². The Kier molecular flexibility index (Phi) is 9.00. The van der Waals surface area contributed by atoms with Gasteiger partial charge in [-0.15, -0.1) is 0 Å². The summed E-state index contributed by atoms with van der Waals surface area (Å²) >= 11 is 0. The Morgan fingerprint density at radius 1 is 1.00 bits per heavy atom. The summed E-state index contributed by atoms with van der Waals surface area (Å²) in [5.74, 6) is 0.791. The fraction of sp³-hybridized carbons (Fsp3) is 0.391. The Bertz CT molecular complexity index is 834. The molecule has 7 nitrogen and oxygen atoms in total. The van der Waals surface area contributed by atoms with Crippen LogP contribution < -0.4 is 19.5 Å². The van der Waals surface area contributed by atoms with Crippen LogP contribution in [0, 0.1) is 0 Å². The number of carbonyl (C=O) groups excluding carboxylic acids is 2. The lowest BCUT2D eigenvalue weighted by molar-refractivity contribution is -0.129. The van der Waals surface area contributed by atoms with Crippen LogP contribution in [0.15, 0.2) is 42.5 Å². The molecule has 0 saturated heterocycles. The zero-order valence-electron chi connectivity index (χ0n) is 17.9. The average molecular weight is 415 g/mol. The summed E-state index contributed by atoms with van der Waals surface area (Å²) in [6.07, 6.45) is -0.0827. The first-order valence-electron chi connectivity index (χ1n) is 9.99. The van der Waals surface area contributed by atoms with Crippen LogP contribution in [-0.2, 0) is 16.1 Å². The summed E-state index contributed by atoms with van der Waals surface area (Å²) in [6.45, 7) is 6.70. The molecule has 1 atom stereocenters. The average Bonchev–Trinajstić information content (AvgIpc) is 2.76. The third-order valence-electron chi connectivity index (χ3n) is 4.22. The first-order valence-corrected chi connectivity index (χ1v) is 9.99. The van der Waals surface area contributed by atoms with Gasteiger partial charge in [0.15, 0.2) is 17.6 Å². The molecule has 2 aromatic carbocycles. The fourth-order valence-electron chi connectivity index (χ4n) is 2.59. The summed E-state index contributed by atoms with van der Waals surface area (Å²) in [5, 5.41) is 2.76. The lowest BCUT2D eigenvalue weighted by Gasteiger charge is -2.15. The minimum absolute atomic E-state index is 0.289. The van der Waals surface area contributed by atoms with Gasteiger partial charge < -0.3 is 24.3 Å². The van der Waals surface area contributed by atoms with E-state index in [2.05, 4.69) is 5.32 Å². The highest BCUT2D eigenvalue weighted by Crippen LogP contribution is 2.29. The van der Waals surface area contributed by atoms with Crippen LogP contribution in [-0.4, -0.2) is 38.3 Å². The van der Waals surface area contributed by atoms with E-state index in [1.807, 2.05) is 38.1 Å². The second-order valence-corrected chi connectivity index (χ2v) is 6.56. The molecular weight excluding hydrogens is 386 g/mol. The first kappa shape index (κ1) is 23.1. The third-order valence-corrected chi connectivity index (χ3v) is 4.22. The number of rotatable bonds is 11. The number of hydrogen-bond acceptors (Lipinski definition) is 6. The van der Waals surface area contributed by atoms with Crippen molar-refractivity contribution in [2.75, 3.05) is 20.3 Å². The molecule has 7 heteroatoms. The number of nitrogens with one attached hydrogen (secondary N) is 1. The summed E-state index contributed by atoms with van der Waals surface area (Å²) in [4.78, 5) is 24.8. The van der Waals surface area contributed by atoms with Crippen LogP contribution in [0.5, 0.6) is 17.2 Å². The van der Waals surface area contributed by atoms with Crippen LogP contribution >= 0.6 is 0 Å². The highest BCUT2D eigenvalue weighted by molar-refractivity contribution is 5.92. The van der Waals surface area contributed by atoms with Crippen LogP contribution in [0.3, 0.4) is 0 Å². The van der Waals surface area contributed by atoms with Gasteiger partial charge in [-0.3, -0.25) is 4.79 Å². The van der Waals surface area contributed by atoms with Gasteiger partial charge in [0.25, 0.3) is 5.91 Å². The van der Waals surface area contributed by atoms with Crippen molar-refractivity contribution in [1.82, 2.24) is 5.32 Å². The van der Waals surface area contributed by atoms with Crippen LogP contribution in [0.2, 0.25) is 0 Å². The van der Waals surface area contributed by atoms with Crippen LogP contribution in [0.25, 0.3) is 0 Å². The van der Waals surface area contributed by atoms with Crippen molar-refractivity contribution in [3.8, 4) is 17.2 Å². The number of hydrogen-bond donors (Lipinski definition) is 1. The maximum absolute atomic E-state index is 12.5. The van der Waals surface area contributed by atoms with Crippen LogP contribution in [0.4, 0.5) is 0 Å². The number of ether oxygens (including phenoxy) is 4. The number of methoxy groups -OCH3 is 1. The smallest absolute Gasteiger partial charge is 0.339 e. The molecule has 0 aliphatic heterocycles. The van der Waals surface area contributed by atoms with E-state index in [4.69, 9.17) is 18.9 Å². The molecule has 2 rings (SSSR count). The molecule has 0 aliphatic rings. The molecule has 0 spiro atoms. The topological polar surface area (TPSA) is 83.1 Å². The Hall–Kier alpha value is -3.22. The van der Waals surface area contributed by atoms with Gasteiger partial charge in [0.05, 0.1) is 25.9 Å². The maximum atomic E-state index is 12.5. The molecule has 162 valence electrons. The quantitative estimate of drug-likeness (QED) is 0.563. The molecule has 0 heterocycles. The molecule has 2 aromatic rings. The van der Waals surface area contributed by atoms with Crippen molar-refractivity contribution in [2.45, 2.75) is 39.8 Å². The summed E-state index contributed by atoms with van der Waals surface area (Å²) < 4.78 is 21.6. The van der Waals surface area contributed by atoms with Gasteiger partial charge in [0.1, 0.15) is 5.75 Å². The molecule has 0 radical (unpaired) electrons. The van der Waals surface area contributed by atoms with E-state index >= 15 is 0 Å². The summed E-state index contributed by atoms with van der Waals surface area (Å²) in [6, 6.07) is 12.2. The standard InChI is InChI=1S/C23H29NO6/c1-5-13-29-20-12-9-18(14-21(20)28-6-2)23(26)30-16(3)22(25)24-15-17-7-10-19(27-4)11-8-17/h7-12,14,16H,5-6,13,15H2,1-4H3,(H,24,25)/t16-/m1/s1. The Balaban J connectivity index is 1.94. The van der Waals surface area contributed by atoms with Gasteiger partial charge in [-0.05, 0) is 56.2 Å². The number of amides is 1. The molecule has 1 amide bonds. The number of esters is 1. The number of carbonyl (C=O) groups is 2. The maximum Gasteiger partial charge on any atom is 0.339 e. The van der Waals surface area contributed by atoms with Crippen molar-refractivity contribution < 1.29 is 28.5 Å². The van der Waals surface area contributed by atoms with E-state index in [1.165, 1.54) is 6.92 Å². The van der Waals surface area contributed by atoms with Crippen LogP contribution in [0.1, 0.15) is 43.1 Å². The summed E-state index contributed by atoms with van der Waals surface area (Å²) in [5.41, 5.74) is 1.20. The van der Waals surface area contributed by atoms with Gasteiger partial charge in [-0.25, -0.2) is 4.79 Å². The van der Waals surface area contributed by atoms with Crippen molar-refractivity contribution in [1.29, 1.82) is 0 Å². The van der Waals surface area contributed by atoms with Crippen molar-refractivity contribution in [3.63, 3.8) is 0 Å². The minimum Gasteiger partial charge on any atom is -0.497 e. The molecule has 0 bridgehead atoms. The zero-order valence-corrected chi connectivity index (χ0v) is 17.9. The lowest BCUT2D eigenvalue weighted by atomic mass is 10.2. The monoisotopic (exact) mass is 415 g/mol. The molecule has 0 aromatic heterocycles. The van der Waals surface area contributed by atoms with Gasteiger partial charge in [-0.2, -0.15) is 0 Å². The second-order valence-electron chi connectivity index (χ2n) is 6.56. The molecule has 0 fully saturated rings. The lowest BCUT2D eigenvalue weighted by Crippen LogP contribution is -2.35. The SMILES string of the molecule is CCCOc1ccc(C(=O)O[C@H](C)C(=O)NCc2ccc(OC)cc2)cc1OCC.